The van der Waals surface area contributed by atoms with Gasteiger partial charge in [-0.2, -0.15) is 4.98 Å². The summed E-state index contributed by atoms with van der Waals surface area (Å²) >= 11 is 0. The number of hydrogen-bond acceptors (Lipinski definition) is 6. The van der Waals surface area contributed by atoms with E-state index >= 15 is 0 Å². The number of hydrogen-bond donors (Lipinski definition) is 2. The Kier molecular flexibility index (Phi) is 7.40. The molecular weight excluding hydrogens is 320 g/mol. The standard InChI is InChI=1S/C18H26N4O3/c1-13(20-16(23)10-5-3-4-6-11-19)18-21-17(22-25-18)14-8-7-9-15(12-14)24-2/h7-9,12-13H,3-6,10-11,19H2,1-2H3,(H,20,23). The third-order valence-corrected chi connectivity index (χ3v) is 3.88. The highest BCUT2D eigenvalue weighted by Crippen LogP contribution is 2.22. The monoisotopic (exact) mass is 346 g/mol. The maximum atomic E-state index is 12.0. The Bertz CT molecular complexity index is 672. The van der Waals surface area contributed by atoms with Crippen molar-refractivity contribution in [1.82, 2.24) is 15.5 Å². The van der Waals surface area contributed by atoms with E-state index in [1.165, 1.54) is 0 Å². The van der Waals surface area contributed by atoms with Crippen molar-refractivity contribution in [1.29, 1.82) is 0 Å². The van der Waals surface area contributed by atoms with Crippen LogP contribution in [0.4, 0.5) is 0 Å². The fourth-order valence-electron chi connectivity index (χ4n) is 2.45. The molecule has 0 aliphatic carbocycles. The van der Waals surface area contributed by atoms with Crippen LogP contribution in [0.5, 0.6) is 5.75 Å². The molecular formula is C18H26N4O3. The van der Waals surface area contributed by atoms with Crippen molar-refractivity contribution in [2.45, 2.75) is 45.1 Å². The van der Waals surface area contributed by atoms with E-state index < -0.39 is 0 Å². The van der Waals surface area contributed by atoms with Crippen molar-refractivity contribution in [3.05, 3.63) is 30.2 Å². The normalized spacial score (nSPS) is 12.0. The van der Waals surface area contributed by atoms with Crippen LogP contribution in [0.1, 0.15) is 51.0 Å². The number of benzene rings is 1. The number of amides is 1. The van der Waals surface area contributed by atoms with Crippen LogP contribution in [0.2, 0.25) is 0 Å². The van der Waals surface area contributed by atoms with Gasteiger partial charge in [-0.05, 0) is 38.4 Å². The molecule has 0 aliphatic heterocycles. The Hall–Kier alpha value is -2.41. The van der Waals surface area contributed by atoms with Gasteiger partial charge in [-0.3, -0.25) is 4.79 Å². The van der Waals surface area contributed by atoms with Gasteiger partial charge in [0.1, 0.15) is 11.8 Å². The number of unbranched alkanes of at least 4 members (excludes halogenated alkanes) is 3. The molecule has 0 fully saturated rings. The van der Waals surface area contributed by atoms with Crippen LogP contribution in [0, 0.1) is 0 Å². The van der Waals surface area contributed by atoms with E-state index in [0.717, 1.165) is 37.0 Å². The number of rotatable bonds is 10. The summed E-state index contributed by atoms with van der Waals surface area (Å²) in [6.45, 7) is 2.53. The van der Waals surface area contributed by atoms with E-state index in [1.54, 1.807) is 7.11 Å². The van der Waals surface area contributed by atoms with Crippen molar-refractivity contribution in [2.24, 2.45) is 5.73 Å². The Labute approximate surface area is 147 Å². The van der Waals surface area contributed by atoms with Gasteiger partial charge in [-0.25, -0.2) is 0 Å². The average Bonchev–Trinajstić information content (AvgIpc) is 3.12. The molecule has 2 aromatic rings. The van der Waals surface area contributed by atoms with Crippen molar-refractivity contribution < 1.29 is 14.1 Å². The second-order valence-electron chi connectivity index (χ2n) is 5.93. The number of carbonyl (C=O) groups is 1. The minimum atomic E-state index is -0.330. The van der Waals surface area contributed by atoms with E-state index in [0.29, 0.717) is 24.7 Å². The lowest BCUT2D eigenvalue weighted by atomic mass is 10.1. The van der Waals surface area contributed by atoms with Gasteiger partial charge in [0.05, 0.1) is 7.11 Å². The second-order valence-corrected chi connectivity index (χ2v) is 5.93. The van der Waals surface area contributed by atoms with Gasteiger partial charge in [0, 0.05) is 12.0 Å². The van der Waals surface area contributed by atoms with Gasteiger partial charge >= 0.3 is 0 Å². The first-order chi connectivity index (χ1) is 12.1. The summed E-state index contributed by atoms with van der Waals surface area (Å²) in [5.74, 6) is 1.56. The van der Waals surface area contributed by atoms with Gasteiger partial charge in [0.25, 0.3) is 0 Å². The number of aromatic nitrogens is 2. The van der Waals surface area contributed by atoms with Crippen LogP contribution in [0.15, 0.2) is 28.8 Å². The van der Waals surface area contributed by atoms with Crippen LogP contribution in [0.25, 0.3) is 11.4 Å². The minimum absolute atomic E-state index is 0.0126. The van der Waals surface area contributed by atoms with Crippen LogP contribution in [-0.2, 0) is 4.79 Å². The highest BCUT2D eigenvalue weighted by Gasteiger charge is 2.17. The molecule has 1 aromatic carbocycles. The van der Waals surface area contributed by atoms with Gasteiger partial charge in [0.15, 0.2) is 0 Å². The molecule has 1 amide bonds. The van der Waals surface area contributed by atoms with Crippen LogP contribution < -0.4 is 15.8 Å². The van der Waals surface area contributed by atoms with Gasteiger partial charge < -0.3 is 20.3 Å². The summed E-state index contributed by atoms with van der Waals surface area (Å²) in [5.41, 5.74) is 6.25. The van der Waals surface area contributed by atoms with E-state index in [1.807, 2.05) is 31.2 Å². The lowest BCUT2D eigenvalue weighted by Crippen LogP contribution is -2.26. The lowest BCUT2D eigenvalue weighted by molar-refractivity contribution is -0.122. The Morgan fingerprint density at radius 3 is 2.88 bits per heavy atom. The molecule has 7 nitrogen and oxygen atoms in total. The molecule has 0 radical (unpaired) electrons. The van der Waals surface area contributed by atoms with Crippen molar-refractivity contribution in [2.75, 3.05) is 13.7 Å². The second kappa shape index (κ2) is 9.78. The first kappa shape index (κ1) is 18.9. The van der Waals surface area contributed by atoms with Crippen LogP contribution in [0.3, 0.4) is 0 Å². The summed E-state index contributed by atoms with van der Waals surface area (Å²) < 4.78 is 10.5. The van der Waals surface area contributed by atoms with Crippen molar-refractivity contribution in [3.8, 4) is 17.1 Å². The molecule has 7 heteroatoms. The molecule has 1 aromatic heterocycles. The maximum Gasteiger partial charge on any atom is 0.249 e. The van der Waals surface area contributed by atoms with Crippen LogP contribution in [-0.4, -0.2) is 29.7 Å². The molecule has 136 valence electrons. The number of methoxy groups -OCH3 is 1. The van der Waals surface area contributed by atoms with Crippen LogP contribution >= 0.6 is 0 Å². The zero-order valence-electron chi connectivity index (χ0n) is 14.8. The quantitative estimate of drug-likeness (QED) is 0.641. The smallest absolute Gasteiger partial charge is 0.249 e. The maximum absolute atomic E-state index is 12.0. The minimum Gasteiger partial charge on any atom is -0.497 e. The molecule has 2 rings (SSSR count). The Morgan fingerprint density at radius 1 is 1.32 bits per heavy atom. The molecule has 0 spiro atoms. The largest absolute Gasteiger partial charge is 0.497 e. The summed E-state index contributed by atoms with van der Waals surface area (Å²) in [6.07, 6.45) is 4.43. The molecule has 1 unspecified atom stereocenters. The lowest BCUT2D eigenvalue weighted by Gasteiger charge is -2.09. The molecule has 25 heavy (non-hydrogen) atoms. The zero-order chi connectivity index (χ0) is 18.1. The zero-order valence-corrected chi connectivity index (χ0v) is 14.8. The fourth-order valence-corrected chi connectivity index (χ4v) is 2.45. The first-order valence-corrected chi connectivity index (χ1v) is 8.61. The molecule has 0 bridgehead atoms. The number of nitrogens with zero attached hydrogens (tertiary/aromatic N) is 2. The number of nitrogens with two attached hydrogens (primary N) is 1. The molecule has 0 saturated heterocycles. The van der Waals surface area contributed by atoms with E-state index in [-0.39, 0.29) is 11.9 Å². The summed E-state index contributed by atoms with van der Waals surface area (Å²) in [6, 6.07) is 7.09. The predicted molar refractivity (Wildman–Crippen MR) is 95.0 cm³/mol. The Morgan fingerprint density at radius 2 is 2.12 bits per heavy atom. The highest BCUT2D eigenvalue weighted by atomic mass is 16.5. The SMILES string of the molecule is COc1cccc(-c2noc(C(C)NC(=O)CCCCCCN)n2)c1. The summed E-state index contributed by atoms with van der Waals surface area (Å²) in [4.78, 5) is 16.3. The van der Waals surface area contributed by atoms with Crippen molar-refractivity contribution >= 4 is 5.91 Å². The summed E-state index contributed by atoms with van der Waals surface area (Å²) in [7, 11) is 1.61. The van der Waals surface area contributed by atoms with Crippen molar-refractivity contribution in [3.63, 3.8) is 0 Å². The van der Waals surface area contributed by atoms with Gasteiger partial charge in [-0.15, -0.1) is 0 Å². The molecule has 0 aliphatic rings. The van der Waals surface area contributed by atoms with E-state index in [9.17, 15) is 4.79 Å². The first-order valence-electron chi connectivity index (χ1n) is 8.61. The predicted octanol–water partition coefficient (Wildman–Crippen LogP) is 2.83. The van der Waals surface area contributed by atoms with Gasteiger partial charge in [-0.1, -0.05) is 30.1 Å². The van der Waals surface area contributed by atoms with Gasteiger partial charge in [0.2, 0.25) is 17.6 Å². The number of carbonyl (C=O) groups excluding carboxylic acids is 1. The Balaban J connectivity index is 1.87. The van der Waals surface area contributed by atoms with E-state index in [2.05, 4.69) is 15.5 Å². The average molecular weight is 346 g/mol. The highest BCUT2D eigenvalue weighted by molar-refractivity contribution is 5.76. The summed E-state index contributed by atoms with van der Waals surface area (Å²) in [5, 5.41) is 6.87. The molecule has 0 saturated carbocycles. The molecule has 1 heterocycles. The third kappa shape index (κ3) is 5.86. The fraction of sp³-hybridized carbons (Fsp3) is 0.500. The molecule has 3 N–H and O–H groups in total. The molecule has 1 atom stereocenters. The number of nitrogens with one attached hydrogen (secondary N) is 1. The van der Waals surface area contributed by atoms with E-state index in [4.69, 9.17) is 15.0 Å². The third-order valence-electron chi connectivity index (χ3n) is 3.88. The number of ether oxygens (including phenoxy) is 1. The topological polar surface area (TPSA) is 103 Å².